The van der Waals surface area contributed by atoms with Gasteiger partial charge in [-0.2, -0.15) is 0 Å². The second-order valence-corrected chi connectivity index (χ2v) is 8.31. The summed E-state index contributed by atoms with van der Waals surface area (Å²) in [6, 6.07) is 9.25. The first-order valence-electron chi connectivity index (χ1n) is 7.15. The summed E-state index contributed by atoms with van der Waals surface area (Å²) in [4.78, 5) is 11.9. The molecule has 0 radical (unpaired) electrons. The molecule has 0 aliphatic heterocycles. The summed E-state index contributed by atoms with van der Waals surface area (Å²) in [5.74, 6) is -0.331. The van der Waals surface area contributed by atoms with Crippen LogP contribution in [-0.2, 0) is 20.4 Å². The zero-order valence-corrected chi connectivity index (χ0v) is 14.4. The molecule has 0 aromatic heterocycles. The quantitative estimate of drug-likeness (QED) is 0.731. The van der Waals surface area contributed by atoms with Crippen molar-refractivity contribution < 1.29 is 17.9 Å². The van der Waals surface area contributed by atoms with Crippen LogP contribution in [0.25, 0.3) is 0 Å². The Morgan fingerprint density at radius 1 is 1.32 bits per heavy atom. The van der Waals surface area contributed by atoms with Gasteiger partial charge in [-0.1, -0.05) is 50.1 Å². The van der Waals surface area contributed by atoms with Crippen LogP contribution in [-0.4, -0.2) is 25.8 Å². The van der Waals surface area contributed by atoms with Gasteiger partial charge in [0.1, 0.15) is 6.61 Å². The Labute approximate surface area is 136 Å². The summed E-state index contributed by atoms with van der Waals surface area (Å²) in [5, 5.41) is 2.63. The molecule has 1 N–H and O–H groups in total. The topological polar surface area (TPSA) is 72.5 Å². The number of unbranched alkanes of at least 4 members (excludes halogenated alkanes) is 1. The second kappa shape index (κ2) is 8.39. The van der Waals surface area contributed by atoms with E-state index in [1.165, 1.54) is 0 Å². The molecule has 0 aliphatic carbocycles. The van der Waals surface area contributed by atoms with Crippen molar-refractivity contribution in [3.8, 4) is 0 Å². The van der Waals surface area contributed by atoms with Crippen LogP contribution in [0.1, 0.15) is 38.7 Å². The van der Waals surface area contributed by atoms with E-state index >= 15 is 0 Å². The van der Waals surface area contributed by atoms with E-state index < -0.39 is 20.7 Å². The summed E-state index contributed by atoms with van der Waals surface area (Å²) in [6.45, 7) is 3.78. The molecule has 0 bridgehead atoms. The molecule has 1 unspecified atom stereocenters. The van der Waals surface area contributed by atoms with Gasteiger partial charge in [0.25, 0.3) is 0 Å². The largest absolute Gasteiger partial charge is 0.445 e. The molecular formula is C15H22ClNO4S. The number of ether oxygens (including phenoxy) is 1. The Balaban J connectivity index is 2.62. The van der Waals surface area contributed by atoms with Crippen molar-refractivity contribution in [2.24, 2.45) is 0 Å². The van der Waals surface area contributed by atoms with Gasteiger partial charge >= 0.3 is 6.09 Å². The molecule has 0 fully saturated rings. The van der Waals surface area contributed by atoms with Gasteiger partial charge in [-0.15, -0.1) is 0 Å². The first-order valence-corrected chi connectivity index (χ1v) is 9.63. The van der Waals surface area contributed by atoms with E-state index in [1.54, 1.807) is 6.92 Å². The van der Waals surface area contributed by atoms with E-state index in [0.29, 0.717) is 6.42 Å². The van der Waals surface area contributed by atoms with Gasteiger partial charge in [-0.05, 0) is 18.9 Å². The third kappa shape index (κ3) is 7.66. The van der Waals surface area contributed by atoms with Crippen LogP contribution >= 0.6 is 10.7 Å². The van der Waals surface area contributed by atoms with Crippen LogP contribution in [0.5, 0.6) is 0 Å². The lowest BCUT2D eigenvalue weighted by Crippen LogP contribution is -2.50. The molecule has 0 spiro atoms. The summed E-state index contributed by atoms with van der Waals surface area (Å²) in [6.07, 6.45) is 1.53. The predicted molar refractivity (Wildman–Crippen MR) is 87.3 cm³/mol. The van der Waals surface area contributed by atoms with Gasteiger partial charge in [0.05, 0.1) is 11.3 Å². The molecule has 1 aromatic rings. The minimum Gasteiger partial charge on any atom is -0.445 e. The lowest BCUT2D eigenvalue weighted by atomic mass is 9.97. The number of amides is 1. The molecule has 1 rings (SSSR count). The maximum absolute atomic E-state index is 11.9. The van der Waals surface area contributed by atoms with Crippen LogP contribution in [0.4, 0.5) is 4.79 Å². The zero-order chi connectivity index (χ0) is 16.6. The SMILES string of the molecule is CCCCC(C)(CS(=O)(=O)Cl)NC(=O)OCc1ccccc1. The summed E-state index contributed by atoms with van der Waals surface area (Å²) >= 11 is 0. The summed E-state index contributed by atoms with van der Waals surface area (Å²) in [7, 11) is 1.61. The van der Waals surface area contributed by atoms with Crippen molar-refractivity contribution in [2.45, 2.75) is 45.3 Å². The molecule has 1 aromatic carbocycles. The number of alkyl carbamates (subject to hydrolysis) is 1. The molecule has 0 heterocycles. The third-order valence-electron chi connectivity index (χ3n) is 3.19. The van der Waals surface area contributed by atoms with Gasteiger partial charge in [-0.25, -0.2) is 13.2 Å². The Kier molecular flexibility index (Phi) is 7.16. The lowest BCUT2D eigenvalue weighted by molar-refractivity contribution is 0.128. The molecule has 1 amide bonds. The zero-order valence-electron chi connectivity index (χ0n) is 12.8. The van der Waals surface area contributed by atoms with Crippen LogP contribution in [0.2, 0.25) is 0 Å². The highest BCUT2D eigenvalue weighted by atomic mass is 35.7. The van der Waals surface area contributed by atoms with Crippen LogP contribution in [0.3, 0.4) is 0 Å². The number of halogens is 1. The van der Waals surface area contributed by atoms with Crippen molar-refractivity contribution >= 4 is 25.8 Å². The molecule has 0 saturated carbocycles. The van der Waals surface area contributed by atoms with Crippen LogP contribution < -0.4 is 5.32 Å². The summed E-state index contributed by atoms with van der Waals surface area (Å²) in [5.41, 5.74) is -0.0810. The third-order valence-corrected chi connectivity index (χ3v) is 4.50. The fraction of sp³-hybridized carbons (Fsp3) is 0.533. The highest BCUT2D eigenvalue weighted by molar-refractivity contribution is 8.13. The highest BCUT2D eigenvalue weighted by Gasteiger charge is 2.31. The van der Waals surface area contributed by atoms with Gasteiger partial charge in [0.2, 0.25) is 9.05 Å². The van der Waals surface area contributed by atoms with E-state index in [4.69, 9.17) is 15.4 Å². The molecule has 0 saturated heterocycles. The van der Waals surface area contributed by atoms with Gasteiger partial charge in [-0.3, -0.25) is 0 Å². The van der Waals surface area contributed by atoms with Crippen molar-refractivity contribution in [2.75, 3.05) is 5.75 Å². The van der Waals surface area contributed by atoms with Crippen LogP contribution in [0, 0.1) is 0 Å². The van der Waals surface area contributed by atoms with Gasteiger partial charge < -0.3 is 10.1 Å². The highest BCUT2D eigenvalue weighted by Crippen LogP contribution is 2.19. The van der Waals surface area contributed by atoms with Gasteiger partial charge in [0, 0.05) is 10.7 Å². The Bertz CT molecular complexity index is 576. The number of hydrogen-bond donors (Lipinski definition) is 1. The minimum absolute atomic E-state index is 0.129. The number of carbonyl (C=O) groups excluding carboxylic acids is 1. The van der Waals surface area contributed by atoms with Crippen molar-refractivity contribution in [3.05, 3.63) is 35.9 Å². The standard InChI is InChI=1S/C15H22ClNO4S/c1-3-4-10-15(2,12-22(16,19)20)17-14(18)21-11-13-8-6-5-7-9-13/h5-9H,3-4,10-12H2,1-2H3,(H,17,18). The van der Waals surface area contributed by atoms with Crippen LogP contribution in [0.15, 0.2) is 30.3 Å². The molecular weight excluding hydrogens is 326 g/mol. The Morgan fingerprint density at radius 3 is 2.50 bits per heavy atom. The van der Waals surface area contributed by atoms with Crippen molar-refractivity contribution in [1.29, 1.82) is 0 Å². The van der Waals surface area contributed by atoms with E-state index in [1.807, 2.05) is 37.3 Å². The second-order valence-electron chi connectivity index (χ2n) is 5.53. The number of rotatable bonds is 8. The number of benzene rings is 1. The number of hydrogen-bond acceptors (Lipinski definition) is 4. The van der Waals surface area contributed by atoms with E-state index in [-0.39, 0.29) is 12.4 Å². The Hall–Kier alpha value is -1.27. The fourth-order valence-electron chi connectivity index (χ4n) is 2.12. The molecule has 22 heavy (non-hydrogen) atoms. The van der Waals surface area contributed by atoms with E-state index in [2.05, 4.69) is 5.32 Å². The predicted octanol–water partition coefficient (Wildman–Crippen LogP) is 3.43. The maximum atomic E-state index is 11.9. The smallest absolute Gasteiger partial charge is 0.407 e. The average molecular weight is 348 g/mol. The van der Waals surface area contributed by atoms with Crippen molar-refractivity contribution in [1.82, 2.24) is 5.32 Å². The monoisotopic (exact) mass is 347 g/mol. The fourth-order valence-corrected chi connectivity index (χ4v) is 3.82. The molecule has 124 valence electrons. The molecule has 7 heteroatoms. The average Bonchev–Trinajstić information content (AvgIpc) is 2.42. The van der Waals surface area contributed by atoms with E-state index in [9.17, 15) is 13.2 Å². The lowest BCUT2D eigenvalue weighted by Gasteiger charge is -2.29. The molecule has 0 aliphatic rings. The Morgan fingerprint density at radius 2 is 1.95 bits per heavy atom. The first kappa shape index (κ1) is 18.8. The summed E-state index contributed by atoms with van der Waals surface area (Å²) < 4.78 is 27.8. The normalized spacial score (nSPS) is 14.1. The molecule has 1 atom stereocenters. The maximum Gasteiger partial charge on any atom is 0.407 e. The van der Waals surface area contributed by atoms with E-state index in [0.717, 1.165) is 18.4 Å². The number of carbonyl (C=O) groups is 1. The molecule has 5 nitrogen and oxygen atoms in total. The van der Waals surface area contributed by atoms with Gasteiger partial charge in [0.15, 0.2) is 0 Å². The number of nitrogens with one attached hydrogen (secondary N) is 1. The minimum atomic E-state index is -3.72. The van der Waals surface area contributed by atoms with Crippen molar-refractivity contribution in [3.63, 3.8) is 0 Å². The first-order chi connectivity index (χ1) is 10.2.